The van der Waals surface area contributed by atoms with Crippen LogP contribution in [0.4, 0.5) is 4.79 Å². The topological polar surface area (TPSA) is 76.1 Å². The molecule has 0 unspecified atom stereocenters. The van der Waals surface area contributed by atoms with Gasteiger partial charge in [0, 0.05) is 44.8 Å². The van der Waals surface area contributed by atoms with Gasteiger partial charge in [0.05, 0.1) is 6.54 Å². The second-order valence-electron chi connectivity index (χ2n) is 7.41. The highest BCUT2D eigenvalue weighted by Gasteiger charge is 2.35. The Hall–Kier alpha value is -1.34. The van der Waals surface area contributed by atoms with Crippen LogP contribution < -0.4 is 5.32 Å². The summed E-state index contributed by atoms with van der Waals surface area (Å²) in [6.07, 6.45) is 1.69. The molecule has 1 saturated heterocycles. The van der Waals surface area contributed by atoms with Gasteiger partial charge in [0.15, 0.2) is 0 Å². The van der Waals surface area contributed by atoms with Gasteiger partial charge in [-0.3, -0.25) is 14.6 Å². The van der Waals surface area contributed by atoms with E-state index in [0.717, 1.165) is 52.1 Å². The van der Waals surface area contributed by atoms with Crippen LogP contribution in [-0.2, 0) is 4.79 Å². The summed E-state index contributed by atoms with van der Waals surface area (Å²) in [6, 6.07) is 0.488. The summed E-state index contributed by atoms with van der Waals surface area (Å²) in [6.45, 7) is 11.8. The Kier molecular flexibility index (Phi) is 6.86. The molecule has 0 radical (unpaired) electrons. The first-order valence-corrected chi connectivity index (χ1v) is 9.12. The van der Waals surface area contributed by atoms with E-state index in [1.165, 1.54) is 0 Å². The number of carbonyl (C=O) groups is 2. The number of aliphatic carboxylic acids is 1. The first kappa shape index (κ1) is 19.0. The van der Waals surface area contributed by atoms with Crippen LogP contribution in [0.2, 0.25) is 0 Å². The van der Waals surface area contributed by atoms with Gasteiger partial charge in [0.2, 0.25) is 0 Å². The zero-order valence-corrected chi connectivity index (χ0v) is 15.2. The lowest BCUT2D eigenvalue weighted by Gasteiger charge is -2.43. The third kappa shape index (κ3) is 5.34. The van der Waals surface area contributed by atoms with E-state index in [9.17, 15) is 9.59 Å². The van der Waals surface area contributed by atoms with Gasteiger partial charge >= 0.3 is 12.0 Å². The molecule has 2 N–H and O–H groups in total. The van der Waals surface area contributed by atoms with Crippen molar-refractivity contribution < 1.29 is 14.7 Å². The molecule has 0 aromatic heterocycles. The van der Waals surface area contributed by atoms with E-state index in [2.05, 4.69) is 24.1 Å². The molecule has 2 amide bonds. The summed E-state index contributed by atoms with van der Waals surface area (Å²) in [5, 5.41) is 12.0. The van der Waals surface area contributed by atoms with Gasteiger partial charge in [0.1, 0.15) is 0 Å². The quantitative estimate of drug-likeness (QED) is 0.720. The van der Waals surface area contributed by atoms with Gasteiger partial charge in [-0.25, -0.2) is 4.79 Å². The average Bonchev–Trinajstić information content (AvgIpc) is 2.48. The van der Waals surface area contributed by atoms with Gasteiger partial charge in [-0.2, -0.15) is 0 Å². The van der Waals surface area contributed by atoms with E-state index in [0.29, 0.717) is 5.92 Å². The van der Waals surface area contributed by atoms with Crippen LogP contribution in [0.5, 0.6) is 0 Å². The van der Waals surface area contributed by atoms with E-state index in [4.69, 9.17) is 5.11 Å². The Bertz CT molecular complexity index is 430. The second-order valence-corrected chi connectivity index (χ2v) is 7.41. The summed E-state index contributed by atoms with van der Waals surface area (Å²) in [5.74, 6) is -0.131. The fourth-order valence-corrected chi connectivity index (χ4v) is 3.59. The Morgan fingerprint density at radius 1 is 1.21 bits per heavy atom. The standard InChI is InChI=1S/C17H32N4O3/c1-4-20(12-16(22)23)15-9-14(10-15)18-17(24)21-7-5-19(6-8-21)11-13(2)3/h13-15H,4-12H2,1-3H3,(H,18,24)(H,22,23). The van der Waals surface area contributed by atoms with E-state index in [-0.39, 0.29) is 24.7 Å². The molecule has 0 spiro atoms. The lowest BCUT2D eigenvalue weighted by molar-refractivity contribution is -0.139. The number of likely N-dealkylation sites (N-methyl/N-ethyl adjacent to an activating group) is 1. The van der Waals surface area contributed by atoms with Crippen LogP contribution in [0.1, 0.15) is 33.6 Å². The number of piperazine rings is 1. The van der Waals surface area contributed by atoms with Crippen molar-refractivity contribution in [1.29, 1.82) is 0 Å². The maximum absolute atomic E-state index is 12.3. The highest BCUT2D eigenvalue weighted by Crippen LogP contribution is 2.25. The molecule has 1 heterocycles. The number of hydrogen-bond acceptors (Lipinski definition) is 4. The summed E-state index contributed by atoms with van der Waals surface area (Å²) in [4.78, 5) is 29.5. The van der Waals surface area contributed by atoms with Gasteiger partial charge < -0.3 is 15.3 Å². The van der Waals surface area contributed by atoms with E-state index in [1.807, 2.05) is 16.7 Å². The number of carboxylic acids is 1. The minimum atomic E-state index is -0.788. The van der Waals surface area contributed by atoms with Crippen LogP contribution >= 0.6 is 0 Å². The van der Waals surface area contributed by atoms with Crippen molar-refractivity contribution in [2.45, 2.75) is 45.7 Å². The lowest BCUT2D eigenvalue weighted by atomic mass is 9.85. The number of amides is 2. The molecule has 1 aliphatic heterocycles. The molecule has 2 rings (SSSR count). The monoisotopic (exact) mass is 340 g/mol. The first-order chi connectivity index (χ1) is 11.4. The molecule has 0 aromatic rings. The van der Waals surface area contributed by atoms with Crippen molar-refractivity contribution in [2.75, 3.05) is 45.8 Å². The SMILES string of the molecule is CCN(CC(=O)O)C1CC(NC(=O)N2CCN(CC(C)C)CC2)C1. The Morgan fingerprint density at radius 3 is 2.33 bits per heavy atom. The molecule has 24 heavy (non-hydrogen) atoms. The van der Waals surface area contributed by atoms with E-state index >= 15 is 0 Å². The minimum absolute atomic E-state index is 0.0314. The fraction of sp³-hybridized carbons (Fsp3) is 0.882. The maximum atomic E-state index is 12.3. The average molecular weight is 340 g/mol. The molecule has 1 aliphatic carbocycles. The number of nitrogens with one attached hydrogen (secondary N) is 1. The predicted octanol–water partition coefficient (Wildman–Crippen LogP) is 0.907. The van der Waals surface area contributed by atoms with Crippen LogP contribution in [0, 0.1) is 5.92 Å². The smallest absolute Gasteiger partial charge is 0.317 e. The van der Waals surface area contributed by atoms with Crippen LogP contribution in [-0.4, -0.2) is 89.7 Å². The molecule has 2 fully saturated rings. The second kappa shape index (κ2) is 8.67. The normalized spacial score (nSPS) is 25.0. The molecule has 1 saturated carbocycles. The maximum Gasteiger partial charge on any atom is 0.317 e. The van der Waals surface area contributed by atoms with Gasteiger partial charge in [-0.15, -0.1) is 0 Å². The van der Waals surface area contributed by atoms with Gasteiger partial charge in [-0.05, 0) is 25.3 Å². The van der Waals surface area contributed by atoms with Crippen LogP contribution in [0.15, 0.2) is 0 Å². The highest BCUT2D eigenvalue weighted by molar-refractivity contribution is 5.74. The molecule has 0 atom stereocenters. The Morgan fingerprint density at radius 2 is 1.83 bits per heavy atom. The van der Waals surface area contributed by atoms with Crippen molar-refractivity contribution >= 4 is 12.0 Å². The number of carboxylic acid groups (broad SMARTS) is 1. The summed E-state index contributed by atoms with van der Waals surface area (Å²) >= 11 is 0. The number of urea groups is 1. The largest absolute Gasteiger partial charge is 0.480 e. The zero-order chi connectivity index (χ0) is 17.7. The third-order valence-electron chi connectivity index (χ3n) is 4.98. The lowest BCUT2D eigenvalue weighted by Crippen LogP contribution is -2.59. The number of hydrogen-bond donors (Lipinski definition) is 2. The molecular formula is C17H32N4O3. The Balaban J connectivity index is 1.67. The fourth-order valence-electron chi connectivity index (χ4n) is 3.59. The van der Waals surface area contributed by atoms with Gasteiger partial charge in [0.25, 0.3) is 0 Å². The summed E-state index contributed by atoms with van der Waals surface area (Å²) < 4.78 is 0. The molecule has 0 aromatic carbocycles. The first-order valence-electron chi connectivity index (χ1n) is 9.12. The third-order valence-corrected chi connectivity index (χ3v) is 4.98. The molecule has 7 nitrogen and oxygen atoms in total. The van der Waals surface area contributed by atoms with Crippen molar-refractivity contribution in [3.8, 4) is 0 Å². The van der Waals surface area contributed by atoms with Crippen LogP contribution in [0.3, 0.4) is 0 Å². The van der Waals surface area contributed by atoms with Crippen molar-refractivity contribution in [2.24, 2.45) is 5.92 Å². The molecular weight excluding hydrogens is 308 g/mol. The summed E-state index contributed by atoms with van der Waals surface area (Å²) in [5.41, 5.74) is 0. The van der Waals surface area contributed by atoms with Crippen molar-refractivity contribution in [3.05, 3.63) is 0 Å². The molecule has 7 heteroatoms. The highest BCUT2D eigenvalue weighted by atomic mass is 16.4. The predicted molar refractivity (Wildman–Crippen MR) is 93.1 cm³/mol. The van der Waals surface area contributed by atoms with Crippen molar-refractivity contribution in [3.63, 3.8) is 0 Å². The molecule has 138 valence electrons. The van der Waals surface area contributed by atoms with Crippen LogP contribution in [0.25, 0.3) is 0 Å². The van der Waals surface area contributed by atoms with Crippen molar-refractivity contribution in [1.82, 2.24) is 20.0 Å². The van der Waals surface area contributed by atoms with Gasteiger partial charge in [-0.1, -0.05) is 20.8 Å². The number of rotatable bonds is 7. The molecule has 2 aliphatic rings. The summed E-state index contributed by atoms with van der Waals surface area (Å²) in [7, 11) is 0. The van der Waals surface area contributed by atoms with E-state index in [1.54, 1.807) is 0 Å². The van der Waals surface area contributed by atoms with E-state index < -0.39 is 5.97 Å². The number of carbonyl (C=O) groups excluding carboxylic acids is 1. The number of nitrogens with zero attached hydrogens (tertiary/aromatic N) is 3. The minimum Gasteiger partial charge on any atom is -0.480 e. The Labute approximate surface area is 145 Å². The zero-order valence-electron chi connectivity index (χ0n) is 15.2. The molecule has 0 bridgehead atoms.